The highest BCUT2D eigenvalue weighted by Crippen LogP contribution is 2.35. The molecular formula is C18H30O6. The SMILES string of the molecule is CC(=O)[C@H]1CC(OC(=O)[C@H]2CC[C@H](C(C)C)CC2)[C@H](O)[C@@H](O)[C@@H]1O. The van der Waals surface area contributed by atoms with Gasteiger partial charge in [0.25, 0.3) is 0 Å². The lowest BCUT2D eigenvalue weighted by atomic mass is 9.76. The summed E-state index contributed by atoms with van der Waals surface area (Å²) in [6.45, 7) is 5.71. The van der Waals surface area contributed by atoms with E-state index in [0.717, 1.165) is 25.7 Å². The molecule has 2 aliphatic carbocycles. The van der Waals surface area contributed by atoms with Crippen molar-refractivity contribution in [2.75, 3.05) is 0 Å². The van der Waals surface area contributed by atoms with E-state index < -0.39 is 30.3 Å². The van der Waals surface area contributed by atoms with Gasteiger partial charge in [0.15, 0.2) is 0 Å². The lowest BCUT2D eigenvalue weighted by Gasteiger charge is -2.39. The molecule has 5 atom stereocenters. The fourth-order valence-corrected chi connectivity index (χ4v) is 3.98. The Morgan fingerprint density at radius 2 is 1.54 bits per heavy atom. The number of rotatable bonds is 4. The summed E-state index contributed by atoms with van der Waals surface area (Å²) in [6, 6.07) is 0. The van der Waals surface area contributed by atoms with Crippen LogP contribution in [0.2, 0.25) is 0 Å². The van der Waals surface area contributed by atoms with E-state index in [0.29, 0.717) is 11.8 Å². The monoisotopic (exact) mass is 342 g/mol. The Morgan fingerprint density at radius 3 is 2.04 bits per heavy atom. The molecule has 0 heterocycles. The number of aliphatic hydroxyl groups excluding tert-OH is 3. The number of aliphatic hydroxyl groups is 3. The van der Waals surface area contributed by atoms with Crippen LogP contribution in [0.3, 0.4) is 0 Å². The number of ketones is 1. The van der Waals surface area contributed by atoms with Crippen LogP contribution in [0.4, 0.5) is 0 Å². The molecule has 0 aromatic rings. The third kappa shape index (κ3) is 4.16. The minimum atomic E-state index is -1.48. The summed E-state index contributed by atoms with van der Waals surface area (Å²) in [7, 11) is 0. The summed E-state index contributed by atoms with van der Waals surface area (Å²) in [5.41, 5.74) is 0. The lowest BCUT2D eigenvalue weighted by molar-refractivity contribution is -0.191. The molecule has 0 aliphatic heterocycles. The number of hydrogen-bond acceptors (Lipinski definition) is 6. The van der Waals surface area contributed by atoms with Gasteiger partial charge in [-0.2, -0.15) is 0 Å². The second-order valence-electron chi connectivity index (χ2n) is 7.76. The molecule has 3 N–H and O–H groups in total. The van der Waals surface area contributed by atoms with Crippen molar-refractivity contribution in [1.82, 2.24) is 0 Å². The molecule has 6 nitrogen and oxygen atoms in total. The van der Waals surface area contributed by atoms with Crippen LogP contribution in [0.1, 0.15) is 52.9 Å². The van der Waals surface area contributed by atoms with Crippen molar-refractivity contribution in [1.29, 1.82) is 0 Å². The van der Waals surface area contributed by atoms with Crippen molar-refractivity contribution in [2.24, 2.45) is 23.7 Å². The maximum Gasteiger partial charge on any atom is 0.309 e. The minimum absolute atomic E-state index is 0.0435. The highest BCUT2D eigenvalue weighted by atomic mass is 16.6. The van der Waals surface area contributed by atoms with Crippen LogP contribution in [-0.4, -0.2) is 51.5 Å². The van der Waals surface area contributed by atoms with E-state index in [1.807, 2.05) is 0 Å². The van der Waals surface area contributed by atoms with Crippen LogP contribution >= 0.6 is 0 Å². The molecule has 0 amide bonds. The molecule has 0 bridgehead atoms. The van der Waals surface area contributed by atoms with Crippen LogP contribution in [0, 0.1) is 23.7 Å². The molecule has 0 spiro atoms. The number of Topliss-reactive ketones (excluding diaryl/α,β-unsaturated/α-hetero) is 1. The average molecular weight is 342 g/mol. The van der Waals surface area contributed by atoms with Gasteiger partial charge in [-0.25, -0.2) is 0 Å². The molecule has 1 unspecified atom stereocenters. The van der Waals surface area contributed by atoms with E-state index in [1.165, 1.54) is 6.92 Å². The predicted molar refractivity (Wildman–Crippen MR) is 87.0 cm³/mol. The molecule has 24 heavy (non-hydrogen) atoms. The van der Waals surface area contributed by atoms with E-state index in [2.05, 4.69) is 13.8 Å². The fraction of sp³-hybridized carbons (Fsp3) is 0.889. The average Bonchev–Trinajstić information content (AvgIpc) is 2.55. The zero-order valence-electron chi connectivity index (χ0n) is 14.7. The Labute approximate surface area is 143 Å². The lowest BCUT2D eigenvalue weighted by Crippen LogP contribution is -2.56. The molecule has 0 aromatic heterocycles. The molecule has 138 valence electrons. The van der Waals surface area contributed by atoms with E-state index in [9.17, 15) is 24.9 Å². The first-order valence-corrected chi connectivity index (χ1v) is 8.97. The number of carbonyl (C=O) groups is 2. The van der Waals surface area contributed by atoms with Gasteiger partial charge in [0.05, 0.1) is 12.0 Å². The first-order valence-electron chi connectivity index (χ1n) is 8.97. The molecule has 2 aliphatic rings. The van der Waals surface area contributed by atoms with E-state index in [-0.39, 0.29) is 24.1 Å². The van der Waals surface area contributed by atoms with Crippen LogP contribution < -0.4 is 0 Å². The standard InChI is InChI=1S/C18H30O6/c1-9(2)11-4-6-12(7-5-11)18(23)24-14-8-13(10(3)19)15(20)17(22)16(14)21/h9,11-17,20-22H,4-8H2,1-3H3/t11-,12-,13-,14?,15-,16+,17+/m1/s1. The van der Waals surface area contributed by atoms with Crippen molar-refractivity contribution >= 4 is 11.8 Å². The van der Waals surface area contributed by atoms with Crippen molar-refractivity contribution in [3.05, 3.63) is 0 Å². The maximum atomic E-state index is 12.4. The van der Waals surface area contributed by atoms with Crippen LogP contribution in [0.25, 0.3) is 0 Å². The molecular weight excluding hydrogens is 312 g/mol. The Bertz CT molecular complexity index is 454. The quantitative estimate of drug-likeness (QED) is 0.660. The van der Waals surface area contributed by atoms with Gasteiger partial charge < -0.3 is 20.1 Å². The maximum absolute atomic E-state index is 12.4. The van der Waals surface area contributed by atoms with E-state index in [4.69, 9.17) is 4.74 Å². The van der Waals surface area contributed by atoms with E-state index >= 15 is 0 Å². The van der Waals surface area contributed by atoms with Gasteiger partial charge in [-0.05, 0) is 50.9 Å². The highest BCUT2D eigenvalue weighted by molar-refractivity contribution is 5.79. The summed E-state index contributed by atoms with van der Waals surface area (Å²) in [5.74, 6) is -0.424. The second kappa shape index (κ2) is 7.93. The Balaban J connectivity index is 1.94. The Kier molecular flexibility index (Phi) is 6.39. The summed E-state index contributed by atoms with van der Waals surface area (Å²) >= 11 is 0. The summed E-state index contributed by atoms with van der Waals surface area (Å²) in [4.78, 5) is 24.0. The van der Waals surface area contributed by atoms with Gasteiger partial charge in [0.1, 0.15) is 24.1 Å². The normalized spacial score (nSPS) is 40.4. The summed E-state index contributed by atoms with van der Waals surface area (Å²) < 4.78 is 5.43. The highest BCUT2D eigenvalue weighted by Gasteiger charge is 2.46. The number of esters is 1. The summed E-state index contributed by atoms with van der Waals surface area (Å²) in [5, 5.41) is 29.9. The fourth-order valence-electron chi connectivity index (χ4n) is 3.98. The van der Waals surface area contributed by atoms with Gasteiger partial charge in [0.2, 0.25) is 0 Å². The van der Waals surface area contributed by atoms with Crippen LogP contribution in [0.5, 0.6) is 0 Å². The Hall–Kier alpha value is -0.980. The minimum Gasteiger partial charge on any atom is -0.459 e. The zero-order chi connectivity index (χ0) is 18.0. The molecule has 0 saturated heterocycles. The molecule has 2 fully saturated rings. The number of ether oxygens (including phenoxy) is 1. The summed E-state index contributed by atoms with van der Waals surface area (Å²) in [6.07, 6.45) is -1.57. The zero-order valence-corrected chi connectivity index (χ0v) is 14.7. The van der Waals surface area contributed by atoms with Crippen molar-refractivity contribution < 1.29 is 29.6 Å². The first-order chi connectivity index (χ1) is 11.2. The molecule has 0 radical (unpaired) electrons. The smallest absolute Gasteiger partial charge is 0.309 e. The third-order valence-electron chi connectivity index (χ3n) is 5.82. The van der Waals surface area contributed by atoms with Gasteiger partial charge >= 0.3 is 5.97 Å². The van der Waals surface area contributed by atoms with Crippen molar-refractivity contribution in [2.45, 2.75) is 77.3 Å². The van der Waals surface area contributed by atoms with Crippen LogP contribution in [-0.2, 0) is 14.3 Å². The molecule has 2 rings (SSSR count). The predicted octanol–water partition coefficient (Wildman–Crippen LogP) is 1.05. The third-order valence-corrected chi connectivity index (χ3v) is 5.82. The first kappa shape index (κ1) is 19.3. The van der Waals surface area contributed by atoms with Crippen LogP contribution in [0.15, 0.2) is 0 Å². The Morgan fingerprint density at radius 1 is 0.958 bits per heavy atom. The molecule has 6 heteroatoms. The topological polar surface area (TPSA) is 104 Å². The van der Waals surface area contributed by atoms with Gasteiger partial charge in [-0.3, -0.25) is 9.59 Å². The largest absolute Gasteiger partial charge is 0.459 e. The van der Waals surface area contributed by atoms with E-state index in [1.54, 1.807) is 0 Å². The van der Waals surface area contributed by atoms with Crippen molar-refractivity contribution in [3.63, 3.8) is 0 Å². The number of carbonyl (C=O) groups excluding carboxylic acids is 2. The van der Waals surface area contributed by atoms with Crippen molar-refractivity contribution in [3.8, 4) is 0 Å². The van der Waals surface area contributed by atoms with Gasteiger partial charge in [-0.15, -0.1) is 0 Å². The molecule has 2 saturated carbocycles. The number of hydrogen-bond donors (Lipinski definition) is 3. The second-order valence-corrected chi connectivity index (χ2v) is 7.76. The molecule has 0 aromatic carbocycles. The van der Waals surface area contributed by atoms with Gasteiger partial charge in [-0.1, -0.05) is 13.8 Å². The van der Waals surface area contributed by atoms with Gasteiger partial charge in [0, 0.05) is 5.92 Å².